The molecule has 1 heterocycles. The minimum Gasteiger partial charge on any atom is -0.504 e. The van der Waals surface area contributed by atoms with Crippen molar-refractivity contribution >= 4 is 11.8 Å². The number of thioether (sulfide) groups is 1. The lowest BCUT2D eigenvalue weighted by atomic mass is 10.1. The number of ether oxygens (including phenoxy) is 1. The lowest BCUT2D eigenvalue weighted by Gasteiger charge is -2.32. The number of aromatic hydroxyl groups is 1. The van der Waals surface area contributed by atoms with Crippen LogP contribution >= 0.6 is 11.8 Å². The van der Waals surface area contributed by atoms with Crippen LogP contribution in [0, 0.1) is 0 Å². The summed E-state index contributed by atoms with van der Waals surface area (Å²) in [7, 11) is 1.59. The maximum absolute atomic E-state index is 9.58. The number of hydrogen-bond donors (Lipinski definition) is 1. The molecule has 18 heavy (non-hydrogen) atoms. The number of phenols is 1. The van der Waals surface area contributed by atoms with E-state index in [1.165, 1.54) is 30.2 Å². The smallest absolute Gasteiger partial charge is 0.160 e. The van der Waals surface area contributed by atoms with Gasteiger partial charge in [-0.05, 0) is 31.0 Å². The van der Waals surface area contributed by atoms with E-state index in [0.717, 1.165) is 6.42 Å². The Morgan fingerprint density at radius 3 is 2.78 bits per heavy atom. The normalized spacial score (nSPS) is 18.6. The third-order valence-electron chi connectivity index (χ3n) is 3.44. The van der Waals surface area contributed by atoms with Crippen molar-refractivity contribution in [3.05, 3.63) is 23.8 Å². The first-order valence-corrected chi connectivity index (χ1v) is 7.54. The molecule has 0 radical (unpaired) electrons. The van der Waals surface area contributed by atoms with Gasteiger partial charge in [0.15, 0.2) is 11.5 Å². The molecule has 100 valence electrons. The van der Waals surface area contributed by atoms with Crippen molar-refractivity contribution in [1.29, 1.82) is 0 Å². The molecular weight excluding hydrogens is 246 g/mol. The van der Waals surface area contributed by atoms with Crippen LogP contribution in [0.2, 0.25) is 0 Å². The molecule has 1 atom stereocenters. The first-order valence-electron chi connectivity index (χ1n) is 6.38. The topological polar surface area (TPSA) is 32.7 Å². The summed E-state index contributed by atoms with van der Waals surface area (Å²) < 4.78 is 5.15. The van der Waals surface area contributed by atoms with E-state index < -0.39 is 0 Å². The highest BCUT2D eigenvalue weighted by molar-refractivity contribution is 7.99. The molecule has 1 saturated heterocycles. The molecule has 1 aliphatic heterocycles. The summed E-state index contributed by atoms with van der Waals surface area (Å²) in [4.78, 5) is 2.54. The van der Waals surface area contributed by atoms with Crippen LogP contribution in [0.1, 0.15) is 12.5 Å². The van der Waals surface area contributed by atoms with Crippen LogP contribution < -0.4 is 4.74 Å². The highest BCUT2D eigenvalue weighted by atomic mass is 32.2. The third-order valence-corrected chi connectivity index (χ3v) is 4.39. The molecule has 1 aromatic carbocycles. The molecule has 0 aromatic heterocycles. The Bertz CT molecular complexity index is 391. The van der Waals surface area contributed by atoms with Crippen LogP contribution in [0.25, 0.3) is 0 Å². The van der Waals surface area contributed by atoms with Gasteiger partial charge in [-0.1, -0.05) is 6.07 Å². The van der Waals surface area contributed by atoms with Crippen LogP contribution in [0.4, 0.5) is 0 Å². The van der Waals surface area contributed by atoms with E-state index >= 15 is 0 Å². The summed E-state index contributed by atoms with van der Waals surface area (Å²) in [5.41, 5.74) is 1.22. The Morgan fingerprint density at radius 1 is 1.39 bits per heavy atom. The lowest BCUT2D eigenvalue weighted by Crippen LogP contribution is -2.40. The Hall–Kier alpha value is -0.870. The van der Waals surface area contributed by atoms with Crippen LogP contribution in [0.3, 0.4) is 0 Å². The monoisotopic (exact) mass is 267 g/mol. The van der Waals surface area contributed by atoms with Crippen LogP contribution in [-0.4, -0.2) is 47.8 Å². The number of rotatable bonds is 4. The highest BCUT2D eigenvalue weighted by Gasteiger charge is 2.17. The van der Waals surface area contributed by atoms with Gasteiger partial charge in [-0.2, -0.15) is 11.8 Å². The minimum atomic E-state index is 0.211. The average molecular weight is 267 g/mol. The number of hydrogen-bond acceptors (Lipinski definition) is 4. The molecule has 1 fully saturated rings. The van der Waals surface area contributed by atoms with E-state index in [0.29, 0.717) is 11.8 Å². The van der Waals surface area contributed by atoms with Crippen molar-refractivity contribution in [2.24, 2.45) is 0 Å². The maximum atomic E-state index is 9.58. The molecule has 0 unspecified atom stereocenters. The van der Waals surface area contributed by atoms with Crippen molar-refractivity contribution in [2.45, 2.75) is 19.4 Å². The zero-order valence-corrected chi connectivity index (χ0v) is 11.9. The van der Waals surface area contributed by atoms with E-state index in [2.05, 4.69) is 11.8 Å². The van der Waals surface area contributed by atoms with Gasteiger partial charge < -0.3 is 9.84 Å². The molecule has 1 aliphatic rings. The molecule has 2 rings (SSSR count). The Balaban J connectivity index is 1.99. The van der Waals surface area contributed by atoms with E-state index in [1.807, 2.05) is 23.9 Å². The molecule has 0 spiro atoms. The first-order chi connectivity index (χ1) is 8.70. The third kappa shape index (κ3) is 3.33. The molecular formula is C14H21NO2S. The summed E-state index contributed by atoms with van der Waals surface area (Å²) in [6, 6.07) is 6.17. The molecule has 0 amide bonds. The molecule has 4 heteroatoms. The van der Waals surface area contributed by atoms with E-state index in [9.17, 15) is 5.11 Å². The maximum Gasteiger partial charge on any atom is 0.160 e. The minimum absolute atomic E-state index is 0.211. The molecule has 3 nitrogen and oxygen atoms in total. The van der Waals surface area contributed by atoms with Crippen molar-refractivity contribution in [2.75, 3.05) is 31.7 Å². The average Bonchev–Trinajstić information content (AvgIpc) is 2.42. The van der Waals surface area contributed by atoms with Gasteiger partial charge in [0.25, 0.3) is 0 Å². The highest BCUT2D eigenvalue weighted by Crippen LogP contribution is 2.27. The van der Waals surface area contributed by atoms with Gasteiger partial charge in [-0.3, -0.25) is 4.90 Å². The fourth-order valence-corrected chi connectivity index (χ4v) is 3.27. The summed E-state index contributed by atoms with van der Waals surface area (Å²) in [5.74, 6) is 3.25. The van der Waals surface area contributed by atoms with Gasteiger partial charge in [0, 0.05) is 30.6 Å². The second kappa shape index (κ2) is 6.34. The van der Waals surface area contributed by atoms with E-state index in [-0.39, 0.29) is 5.75 Å². The van der Waals surface area contributed by atoms with Gasteiger partial charge in [-0.25, -0.2) is 0 Å². The summed E-state index contributed by atoms with van der Waals surface area (Å²) >= 11 is 2.04. The van der Waals surface area contributed by atoms with Gasteiger partial charge in [0.2, 0.25) is 0 Å². The van der Waals surface area contributed by atoms with Crippen molar-refractivity contribution < 1.29 is 9.84 Å². The number of benzene rings is 1. The second-order valence-electron chi connectivity index (χ2n) is 4.71. The standard InChI is InChI=1S/C14H21NO2S/c1-11(15-5-7-18-8-6-15)9-12-3-4-13(16)14(10-12)17-2/h3-4,10-11,16H,5-9H2,1-2H3/t11-/m1/s1. The zero-order chi connectivity index (χ0) is 13.0. The number of nitrogens with zero attached hydrogens (tertiary/aromatic N) is 1. The summed E-state index contributed by atoms with van der Waals surface area (Å²) in [6.45, 7) is 4.64. The van der Waals surface area contributed by atoms with Crippen LogP contribution in [-0.2, 0) is 6.42 Å². The first kappa shape index (κ1) is 13.6. The molecule has 0 aliphatic carbocycles. The molecule has 1 aromatic rings. The van der Waals surface area contributed by atoms with Crippen molar-refractivity contribution in [3.63, 3.8) is 0 Å². The largest absolute Gasteiger partial charge is 0.504 e. The van der Waals surface area contributed by atoms with E-state index in [4.69, 9.17) is 4.74 Å². The van der Waals surface area contributed by atoms with Gasteiger partial charge in [0.1, 0.15) is 0 Å². The van der Waals surface area contributed by atoms with Crippen molar-refractivity contribution in [3.8, 4) is 11.5 Å². The zero-order valence-electron chi connectivity index (χ0n) is 11.1. The Morgan fingerprint density at radius 2 is 2.11 bits per heavy atom. The van der Waals surface area contributed by atoms with E-state index in [1.54, 1.807) is 13.2 Å². The summed E-state index contributed by atoms with van der Waals surface area (Å²) in [5, 5.41) is 9.58. The Kier molecular flexibility index (Phi) is 4.78. The number of methoxy groups -OCH3 is 1. The second-order valence-corrected chi connectivity index (χ2v) is 5.93. The van der Waals surface area contributed by atoms with Gasteiger partial charge in [0.05, 0.1) is 7.11 Å². The molecule has 1 N–H and O–H groups in total. The predicted molar refractivity (Wildman–Crippen MR) is 76.7 cm³/mol. The Labute approximate surface area is 113 Å². The SMILES string of the molecule is COc1cc(C[C@@H](C)N2CCSCC2)ccc1O. The fraction of sp³-hybridized carbons (Fsp3) is 0.571. The molecule has 0 saturated carbocycles. The quantitative estimate of drug-likeness (QED) is 0.908. The van der Waals surface area contributed by atoms with Crippen molar-refractivity contribution in [1.82, 2.24) is 4.90 Å². The predicted octanol–water partition coefficient (Wildman–Crippen LogP) is 2.38. The fourth-order valence-electron chi connectivity index (χ4n) is 2.34. The van der Waals surface area contributed by atoms with Crippen LogP contribution in [0.15, 0.2) is 18.2 Å². The van der Waals surface area contributed by atoms with Gasteiger partial charge >= 0.3 is 0 Å². The lowest BCUT2D eigenvalue weighted by molar-refractivity contribution is 0.229. The summed E-state index contributed by atoms with van der Waals surface area (Å²) in [6.07, 6.45) is 1.00. The molecule has 0 bridgehead atoms. The number of phenolic OH excluding ortho intramolecular Hbond substituents is 1. The van der Waals surface area contributed by atoms with Crippen LogP contribution in [0.5, 0.6) is 11.5 Å². The van der Waals surface area contributed by atoms with Gasteiger partial charge in [-0.15, -0.1) is 0 Å².